The quantitative estimate of drug-likeness (QED) is 0.322. The number of benzene rings is 1. The normalized spacial score (nSPS) is 10.6. The van der Waals surface area contributed by atoms with Crippen LogP contribution >= 0.6 is 0 Å². The van der Waals surface area contributed by atoms with Crippen LogP contribution in [0.3, 0.4) is 0 Å². The number of carbonyl (C=O) groups excluding carboxylic acids is 1. The molecule has 74 valence electrons. The molecule has 0 aromatic heterocycles. The first-order valence-electron chi connectivity index (χ1n) is 3.66. The van der Waals surface area contributed by atoms with Crippen LogP contribution in [0.15, 0.2) is 24.5 Å². The minimum absolute atomic E-state index is 0.357. The van der Waals surface area contributed by atoms with E-state index in [0.29, 0.717) is 6.26 Å². The molecule has 0 aliphatic heterocycles. The van der Waals surface area contributed by atoms with Crippen molar-refractivity contribution >= 4 is 5.78 Å². The Hall–Kier alpha value is -2.17. The minimum Gasteiger partial charge on any atom is -0.515 e. The summed E-state index contributed by atoms with van der Waals surface area (Å²) in [5.41, 5.74) is -0.367. The van der Waals surface area contributed by atoms with E-state index in [9.17, 15) is 15.0 Å². The molecular formula is C9H8O5. The predicted octanol–water partition coefficient (Wildman–Crippen LogP) is 1.06. The number of aliphatic hydroxyl groups excluding tert-OH is 1. The standard InChI is InChI=1S/C9H8O5/c10-2-1-6(12)9-7(13)3-5(11)4-8(9)14/h1-4,10-11,13-14H/b2-1-. The van der Waals surface area contributed by atoms with E-state index in [1.807, 2.05) is 0 Å². The van der Waals surface area contributed by atoms with Crippen molar-refractivity contribution in [2.24, 2.45) is 0 Å². The van der Waals surface area contributed by atoms with Crippen molar-refractivity contribution in [2.75, 3.05) is 0 Å². The number of aromatic hydroxyl groups is 3. The maximum atomic E-state index is 11.1. The van der Waals surface area contributed by atoms with Crippen LogP contribution in [-0.2, 0) is 0 Å². The van der Waals surface area contributed by atoms with Gasteiger partial charge in [0.05, 0.1) is 6.26 Å². The average Bonchev–Trinajstić information content (AvgIpc) is 2.01. The Morgan fingerprint density at radius 2 is 1.64 bits per heavy atom. The first-order chi connectivity index (χ1) is 6.56. The Labute approximate surface area is 79.2 Å². The van der Waals surface area contributed by atoms with Crippen LogP contribution in [0, 0.1) is 0 Å². The van der Waals surface area contributed by atoms with Gasteiger partial charge in [-0.25, -0.2) is 0 Å². The lowest BCUT2D eigenvalue weighted by Gasteiger charge is -2.03. The number of ketones is 1. The van der Waals surface area contributed by atoms with E-state index >= 15 is 0 Å². The Morgan fingerprint density at radius 3 is 2.07 bits per heavy atom. The molecule has 1 aromatic rings. The van der Waals surface area contributed by atoms with Crippen LogP contribution in [-0.4, -0.2) is 26.2 Å². The zero-order valence-corrected chi connectivity index (χ0v) is 7.01. The summed E-state index contributed by atoms with van der Waals surface area (Å²) in [5.74, 6) is -2.22. The van der Waals surface area contributed by atoms with E-state index in [4.69, 9.17) is 10.2 Å². The fourth-order valence-electron chi connectivity index (χ4n) is 1.00. The summed E-state index contributed by atoms with van der Waals surface area (Å²) in [6.07, 6.45) is 1.26. The van der Waals surface area contributed by atoms with Gasteiger partial charge >= 0.3 is 0 Å². The number of rotatable bonds is 2. The largest absolute Gasteiger partial charge is 0.515 e. The third-order valence-electron chi connectivity index (χ3n) is 1.55. The lowest BCUT2D eigenvalue weighted by Crippen LogP contribution is -1.95. The average molecular weight is 196 g/mol. The van der Waals surface area contributed by atoms with Crippen LogP contribution in [0.1, 0.15) is 10.4 Å². The van der Waals surface area contributed by atoms with Gasteiger partial charge in [-0.3, -0.25) is 4.79 Å². The number of allylic oxidation sites excluding steroid dienone is 1. The molecule has 5 nitrogen and oxygen atoms in total. The highest BCUT2D eigenvalue weighted by Crippen LogP contribution is 2.32. The molecule has 0 unspecified atom stereocenters. The molecule has 0 spiro atoms. The van der Waals surface area contributed by atoms with Crippen molar-refractivity contribution < 1.29 is 25.2 Å². The van der Waals surface area contributed by atoms with Gasteiger partial charge in [0.1, 0.15) is 22.8 Å². The molecule has 1 aromatic carbocycles. The number of carbonyl (C=O) groups is 1. The molecule has 14 heavy (non-hydrogen) atoms. The van der Waals surface area contributed by atoms with Gasteiger partial charge in [-0.15, -0.1) is 0 Å². The highest BCUT2D eigenvalue weighted by molar-refractivity contribution is 6.08. The number of hydrogen-bond acceptors (Lipinski definition) is 5. The fourth-order valence-corrected chi connectivity index (χ4v) is 1.00. The van der Waals surface area contributed by atoms with Crippen molar-refractivity contribution in [3.05, 3.63) is 30.0 Å². The molecule has 1 rings (SSSR count). The summed E-state index contributed by atoms with van der Waals surface area (Å²) in [6, 6.07) is 1.83. The second kappa shape index (κ2) is 3.69. The third-order valence-corrected chi connectivity index (χ3v) is 1.55. The van der Waals surface area contributed by atoms with Crippen LogP contribution in [0.25, 0.3) is 0 Å². The third kappa shape index (κ3) is 1.77. The first-order valence-corrected chi connectivity index (χ1v) is 3.66. The van der Waals surface area contributed by atoms with E-state index in [2.05, 4.69) is 0 Å². The molecule has 5 heteroatoms. The molecule has 0 aliphatic rings. The van der Waals surface area contributed by atoms with Crippen LogP contribution in [0.2, 0.25) is 0 Å². The van der Waals surface area contributed by atoms with E-state index < -0.39 is 17.3 Å². The van der Waals surface area contributed by atoms with Crippen molar-refractivity contribution in [1.29, 1.82) is 0 Å². The monoisotopic (exact) mass is 196 g/mol. The van der Waals surface area contributed by atoms with Gasteiger partial charge in [0.15, 0.2) is 5.78 Å². The smallest absolute Gasteiger partial charge is 0.196 e. The summed E-state index contributed by atoms with van der Waals surface area (Å²) in [4.78, 5) is 11.1. The van der Waals surface area contributed by atoms with Gasteiger partial charge in [-0.05, 0) is 0 Å². The van der Waals surface area contributed by atoms with Crippen LogP contribution in [0.5, 0.6) is 17.2 Å². The maximum Gasteiger partial charge on any atom is 0.196 e. The highest BCUT2D eigenvalue weighted by Gasteiger charge is 2.15. The Morgan fingerprint density at radius 1 is 1.14 bits per heavy atom. The number of hydrogen-bond donors (Lipinski definition) is 4. The zero-order chi connectivity index (χ0) is 10.7. The van der Waals surface area contributed by atoms with Crippen molar-refractivity contribution in [3.63, 3.8) is 0 Å². The minimum atomic E-state index is -0.762. The summed E-state index contributed by atoms with van der Waals surface area (Å²) in [5, 5.41) is 35.7. The molecular weight excluding hydrogens is 188 g/mol. The highest BCUT2D eigenvalue weighted by atomic mass is 16.3. The SMILES string of the molecule is O=C(/C=C\O)c1c(O)cc(O)cc1O. The summed E-state index contributed by atoms with van der Waals surface area (Å²) in [7, 11) is 0. The van der Waals surface area contributed by atoms with E-state index in [1.165, 1.54) is 0 Å². The lowest BCUT2D eigenvalue weighted by molar-refractivity contribution is 0.104. The second-order valence-electron chi connectivity index (χ2n) is 2.54. The molecule has 0 amide bonds. The molecule has 0 radical (unpaired) electrons. The van der Waals surface area contributed by atoms with Crippen LogP contribution in [0.4, 0.5) is 0 Å². The number of aliphatic hydroxyl groups is 1. The van der Waals surface area contributed by atoms with Gasteiger partial charge in [0.25, 0.3) is 0 Å². The number of phenols is 3. The predicted molar refractivity (Wildman–Crippen MR) is 47.5 cm³/mol. The van der Waals surface area contributed by atoms with Crippen molar-refractivity contribution in [2.45, 2.75) is 0 Å². The van der Waals surface area contributed by atoms with E-state index in [-0.39, 0.29) is 11.3 Å². The maximum absolute atomic E-state index is 11.1. The first kappa shape index (κ1) is 9.91. The van der Waals surface area contributed by atoms with Gasteiger partial charge in [0, 0.05) is 18.2 Å². The van der Waals surface area contributed by atoms with Gasteiger partial charge in [0.2, 0.25) is 0 Å². The molecule has 0 bridgehead atoms. The Bertz CT molecular complexity index is 371. The van der Waals surface area contributed by atoms with Crippen molar-refractivity contribution in [3.8, 4) is 17.2 Å². The molecule has 4 N–H and O–H groups in total. The molecule has 0 aliphatic carbocycles. The summed E-state index contributed by atoms with van der Waals surface area (Å²) in [6.45, 7) is 0. The molecule has 0 saturated heterocycles. The molecule has 0 atom stereocenters. The molecule has 0 saturated carbocycles. The second-order valence-corrected chi connectivity index (χ2v) is 2.54. The van der Waals surface area contributed by atoms with E-state index in [1.54, 1.807) is 0 Å². The topological polar surface area (TPSA) is 98.0 Å². The molecule has 0 fully saturated rings. The number of phenolic OH excluding ortho intramolecular Hbond substituents is 3. The van der Waals surface area contributed by atoms with Crippen molar-refractivity contribution in [1.82, 2.24) is 0 Å². The Balaban J connectivity index is 3.27. The van der Waals surface area contributed by atoms with Gasteiger partial charge < -0.3 is 20.4 Å². The lowest BCUT2D eigenvalue weighted by atomic mass is 10.1. The van der Waals surface area contributed by atoms with Crippen LogP contribution < -0.4 is 0 Å². The van der Waals surface area contributed by atoms with E-state index in [0.717, 1.165) is 18.2 Å². The Kier molecular flexibility index (Phi) is 2.62. The summed E-state index contributed by atoms with van der Waals surface area (Å²) < 4.78 is 0. The zero-order valence-electron chi connectivity index (χ0n) is 7.01. The van der Waals surface area contributed by atoms with Gasteiger partial charge in [-0.2, -0.15) is 0 Å². The van der Waals surface area contributed by atoms with Gasteiger partial charge in [-0.1, -0.05) is 0 Å². The molecule has 0 heterocycles. The summed E-state index contributed by atoms with van der Waals surface area (Å²) >= 11 is 0. The fraction of sp³-hybridized carbons (Fsp3) is 0.